The first-order chi connectivity index (χ1) is 16.0. The highest BCUT2D eigenvalue weighted by atomic mass is 35.5. The zero-order chi connectivity index (χ0) is 22.6. The van der Waals surface area contributed by atoms with Crippen LogP contribution < -0.4 is 0 Å². The molecule has 0 aliphatic heterocycles. The van der Waals surface area contributed by atoms with Gasteiger partial charge in [0.05, 0.1) is 5.02 Å². The molecule has 0 amide bonds. The van der Waals surface area contributed by atoms with Crippen LogP contribution >= 0.6 is 11.6 Å². The summed E-state index contributed by atoms with van der Waals surface area (Å²) in [5.41, 5.74) is 5.02. The van der Waals surface area contributed by atoms with Gasteiger partial charge in [-0.05, 0) is 74.7 Å². The zero-order valence-electron chi connectivity index (χ0n) is 18.5. The summed E-state index contributed by atoms with van der Waals surface area (Å²) >= 11 is 6.18. The molecule has 1 aliphatic rings. The average Bonchev–Trinajstić information content (AvgIpc) is 2.85. The van der Waals surface area contributed by atoms with Gasteiger partial charge in [-0.3, -0.25) is 0 Å². The van der Waals surface area contributed by atoms with E-state index in [1.807, 2.05) is 12.1 Å². The van der Waals surface area contributed by atoms with Crippen LogP contribution in [0.4, 0.5) is 4.39 Å². The van der Waals surface area contributed by atoms with Crippen LogP contribution in [0.15, 0.2) is 97.1 Å². The van der Waals surface area contributed by atoms with Crippen molar-refractivity contribution in [3.8, 4) is 0 Å². The van der Waals surface area contributed by atoms with Gasteiger partial charge in [0.25, 0.3) is 0 Å². The van der Waals surface area contributed by atoms with Gasteiger partial charge >= 0.3 is 0 Å². The Kier molecular flexibility index (Phi) is 4.78. The molecule has 33 heavy (non-hydrogen) atoms. The van der Waals surface area contributed by atoms with Crippen LogP contribution in [0, 0.1) is 5.82 Å². The van der Waals surface area contributed by atoms with Crippen molar-refractivity contribution in [3.63, 3.8) is 0 Å². The molecule has 0 spiro atoms. The number of hydrogen-bond donors (Lipinski definition) is 0. The third-order valence-electron chi connectivity index (χ3n) is 7.51. The molecule has 0 radical (unpaired) electrons. The molecule has 1 aliphatic carbocycles. The van der Waals surface area contributed by atoms with Gasteiger partial charge in [-0.1, -0.05) is 103 Å². The van der Waals surface area contributed by atoms with Crippen LogP contribution in [-0.2, 0) is 11.8 Å². The highest BCUT2D eigenvalue weighted by Gasteiger charge is 2.40. The van der Waals surface area contributed by atoms with Crippen LogP contribution in [0.1, 0.15) is 41.5 Å². The van der Waals surface area contributed by atoms with Crippen LogP contribution in [-0.4, -0.2) is 0 Å². The van der Waals surface area contributed by atoms with E-state index in [0.717, 1.165) is 18.4 Å². The molecule has 5 aromatic rings. The van der Waals surface area contributed by atoms with E-state index in [0.29, 0.717) is 0 Å². The van der Waals surface area contributed by atoms with Crippen LogP contribution in [0.25, 0.3) is 21.5 Å². The maximum atomic E-state index is 13.9. The van der Waals surface area contributed by atoms with Gasteiger partial charge in [0.2, 0.25) is 0 Å². The highest BCUT2D eigenvalue weighted by molar-refractivity contribution is 6.30. The lowest BCUT2D eigenvalue weighted by Crippen LogP contribution is -2.33. The molecule has 2 heteroatoms. The van der Waals surface area contributed by atoms with Gasteiger partial charge in [0, 0.05) is 5.41 Å². The van der Waals surface area contributed by atoms with Crippen LogP contribution in [0.3, 0.4) is 0 Å². The standard InChI is InChI=1S/C31H24ClF/c1-31(24-8-3-2-4-9-24)19-23(21-13-16-29(33)28(32)18-21)17-22-12-14-26-25-10-6-5-7-20(25)11-15-27(26)30(22)31/h2-16,18,23H,17,19H2,1H3. The Bertz CT molecular complexity index is 1500. The summed E-state index contributed by atoms with van der Waals surface area (Å²) in [5, 5.41) is 5.39. The van der Waals surface area contributed by atoms with Gasteiger partial charge in [0.15, 0.2) is 0 Å². The summed E-state index contributed by atoms with van der Waals surface area (Å²) in [5.74, 6) is -0.0981. The third kappa shape index (κ3) is 3.26. The first-order valence-electron chi connectivity index (χ1n) is 11.5. The number of rotatable bonds is 2. The third-order valence-corrected chi connectivity index (χ3v) is 7.80. The molecule has 0 nitrogen and oxygen atoms in total. The first kappa shape index (κ1) is 20.4. The van der Waals surface area contributed by atoms with E-state index in [1.165, 1.54) is 44.3 Å². The molecule has 0 N–H and O–H groups in total. The van der Waals surface area contributed by atoms with E-state index >= 15 is 0 Å². The first-order valence-corrected chi connectivity index (χ1v) is 11.9. The average molecular weight is 451 g/mol. The number of halogens is 2. The van der Waals surface area contributed by atoms with Crippen molar-refractivity contribution in [1.82, 2.24) is 0 Å². The largest absolute Gasteiger partial charge is 0.205 e. The maximum Gasteiger partial charge on any atom is 0.141 e. The second-order valence-corrected chi connectivity index (χ2v) is 9.87. The Balaban J connectivity index is 1.62. The SMILES string of the molecule is CC1(c2ccccc2)CC(c2ccc(F)c(Cl)c2)Cc2ccc3c(ccc4ccccc43)c21. The quantitative estimate of drug-likeness (QED) is 0.236. The second-order valence-electron chi connectivity index (χ2n) is 9.46. The lowest BCUT2D eigenvalue weighted by Gasteiger charge is -2.42. The van der Waals surface area contributed by atoms with E-state index in [-0.39, 0.29) is 22.2 Å². The predicted octanol–water partition coefficient (Wildman–Crippen LogP) is 8.82. The van der Waals surface area contributed by atoms with Crippen molar-refractivity contribution in [1.29, 1.82) is 0 Å². The van der Waals surface area contributed by atoms with E-state index in [4.69, 9.17) is 11.6 Å². The Morgan fingerprint density at radius 1 is 0.788 bits per heavy atom. The van der Waals surface area contributed by atoms with Crippen molar-refractivity contribution in [2.45, 2.75) is 31.1 Å². The van der Waals surface area contributed by atoms with Crippen molar-refractivity contribution in [2.24, 2.45) is 0 Å². The van der Waals surface area contributed by atoms with E-state index < -0.39 is 0 Å². The molecule has 0 bridgehead atoms. The van der Waals surface area contributed by atoms with E-state index in [2.05, 4.69) is 85.8 Å². The molecule has 0 saturated carbocycles. The summed E-state index contributed by atoms with van der Waals surface area (Å²) < 4.78 is 13.9. The Morgan fingerprint density at radius 3 is 2.36 bits per heavy atom. The number of benzene rings is 5. The smallest absolute Gasteiger partial charge is 0.141 e. The Morgan fingerprint density at radius 2 is 1.55 bits per heavy atom. The zero-order valence-corrected chi connectivity index (χ0v) is 19.2. The van der Waals surface area contributed by atoms with Gasteiger partial charge in [-0.2, -0.15) is 0 Å². The highest BCUT2D eigenvalue weighted by Crippen LogP contribution is 2.50. The summed E-state index contributed by atoms with van der Waals surface area (Å²) in [6.45, 7) is 2.37. The van der Waals surface area contributed by atoms with Crippen LogP contribution in [0.2, 0.25) is 5.02 Å². The second kappa shape index (κ2) is 7.71. The van der Waals surface area contributed by atoms with Crippen molar-refractivity contribution in [3.05, 3.63) is 130 Å². The molecule has 0 saturated heterocycles. The van der Waals surface area contributed by atoms with Crippen molar-refractivity contribution < 1.29 is 4.39 Å². The summed E-state index contributed by atoms with van der Waals surface area (Å²) in [6, 6.07) is 33.8. The summed E-state index contributed by atoms with van der Waals surface area (Å²) in [7, 11) is 0. The summed E-state index contributed by atoms with van der Waals surface area (Å²) in [6.07, 6.45) is 1.86. The monoisotopic (exact) mass is 450 g/mol. The van der Waals surface area contributed by atoms with Gasteiger partial charge < -0.3 is 0 Å². The number of fused-ring (bicyclic) bond motifs is 5. The lowest BCUT2D eigenvalue weighted by molar-refractivity contribution is 0.422. The topological polar surface area (TPSA) is 0 Å². The summed E-state index contributed by atoms with van der Waals surface area (Å²) in [4.78, 5) is 0. The molecule has 5 aromatic carbocycles. The minimum atomic E-state index is -0.361. The van der Waals surface area contributed by atoms with E-state index in [9.17, 15) is 4.39 Å². The fourth-order valence-electron chi connectivity index (χ4n) is 5.96. The van der Waals surface area contributed by atoms with Gasteiger partial charge in [-0.25, -0.2) is 4.39 Å². The molecule has 2 unspecified atom stereocenters. The number of hydrogen-bond acceptors (Lipinski definition) is 0. The molecule has 6 rings (SSSR count). The Labute approximate surface area is 198 Å². The molecular weight excluding hydrogens is 427 g/mol. The minimum Gasteiger partial charge on any atom is -0.205 e. The maximum absolute atomic E-state index is 13.9. The molecule has 0 heterocycles. The van der Waals surface area contributed by atoms with Crippen LogP contribution in [0.5, 0.6) is 0 Å². The lowest BCUT2D eigenvalue weighted by atomic mass is 9.61. The minimum absolute atomic E-state index is 0.178. The fourth-order valence-corrected chi connectivity index (χ4v) is 6.15. The van der Waals surface area contributed by atoms with Crippen molar-refractivity contribution in [2.75, 3.05) is 0 Å². The van der Waals surface area contributed by atoms with Crippen molar-refractivity contribution >= 4 is 33.1 Å². The fraction of sp³-hybridized carbons (Fsp3) is 0.161. The normalized spacial score (nSPS) is 20.2. The molecule has 162 valence electrons. The predicted molar refractivity (Wildman–Crippen MR) is 137 cm³/mol. The molecule has 0 aromatic heterocycles. The van der Waals surface area contributed by atoms with E-state index in [1.54, 1.807) is 0 Å². The van der Waals surface area contributed by atoms with Gasteiger partial charge in [0.1, 0.15) is 5.82 Å². The molecule has 0 fully saturated rings. The molecule has 2 atom stereocenters. The Hall–Kier alpha value is -3.16. The van der Waals surface area contributed by atoms with Gasteiger partial charge in [-0.15, -0.1) is 0 Å². The molecular formula is C31H24ClF.